The first-order valence-corrected chi connectivity index (χ1v) is 5.32. The first-order chi connectivity index (χ1) is 6.15. The summed E-state index contributed by atoms with van der Waals surface area (Å²) in [4.78, 5) is 11.6. The topological polar surface area (TPSA) is 26.3 Å². The molecule has 2 nitrogen and oxygen atoms in total. The number of fused-ring (bicyclic) bond motifs is 2. The molecule has 2 aliphatic carbocycles. The normalized spacial score (nSPS) is 42.3. The van der Waals surface area contributed by atoms with Gasteiger partial charge < -0.3 is 4.74 Å². The molecule has 0 radical (unpaired) electrons. The maximum absolute atomic E-state index is 11.6. The van der Waals surface area contributed by atoms with Gasteiger partial charge in [0, 0.05) is 0 Å². The number of hydrogen-bond acceptors (Lipinski definition) is 2. The highest BCUT2D eigenvalue weighted by Gasteiger charge is 2.52. The Morgan fingerprint density at radius 2 is 2.38 bits per heavy atom. The van der Waals surface area contributed by atoms with E-state index in [0.29, 0.717) is 6.61 Å². The van der Waals surface area contributed by atoms with E-state index in [2.05, 4.69) is 6.92 Å². The van der Waals surface area contributed by atoms with Crippen LogP contribution in [0.25, 0.3) is 0 Å². The number of rotatable bonds is 2. The zero-order chi connectivity index (χ0) is 9.47. The van der Waals surface area contributed by atoms with Gasteiger partial charge >= 0.3 is 5.97 Å². The fourth-order valence-electron chi connectivity index (χ4n) is 3.16. The van der Waals surface area contributed by atoms with Gasteiger partial charge in [0.05, 0.1) is 12.5 Å². The SMILES string of the molecule is CCOC(=O)C1CC2CCC1(C)C2. The zero-order valence-corrected chi connectivity index (χ0v) is 8.51. The molecule has 2 heteroatoms. The van der Waals surface area contributed by atoms with Crippen molar-refractivity contribution in [3.8, 4) is 0 Å². The summed E-state index contributed by atoms with van der Waals surface area (Å²) < 4.78 is 5.10. The highest BCUT2D eigenvalue weighted by molar-refractivity contribution is 5.74. The van der Waals surface area contributed by atoms with Gasteiger partial charge in [-0.3, -0.25) is 4.79 Å². The van der Waals surface area contributed by atoms with Crippen molar-refractivity contribution < 1.29 is 9.53 Å². The second kappa shape index (κ2) is 3.00. The Bertz CT molecular complexity index is 224. The summed E-state index contributed by atoms with van der Waals surface area (Å²) in [7, 11) is 0. The maximum atomic E-state index is 11.6. The van der Waals surface area contributed by atoms with Gasteiger partial charge in [0.2, 0.25) is 0 Å². The average molecular weight is 182 g/mol. The van der Waals surface area contributed by atoms with E-state index in [1.165, 1.54) is 19.3 Å². The first kappa shape index (κ1) is 9.04. The Morgan fingerprint density at radius 1 is 1.62 bits per heavy atom. The van der Waals surface area contributed by atoms with Crippen LogP contribution >= 0.6 is 0 Å². The van der Waals surface area contributed by atoms with E-state index in [9.17, 15) is 4.79 Å². The molecule has 3 atom stereocenters. The van der Waals surface area contributed by atoms with E-state index in [0.717, 1.165) is 12.3 Å². The molecule has 3 unspecified atom stereocenters. The van der Waals surface area contributed by atoms with Crippen molar-refractivity contribution in [2.75, 3.05) is 6.61 Å². The van der Waals surface area contributed by atoms with Crippen LogP contribution in [0.15, 0.2) is 0 Å². The van der Waals surface area contributed by atoms with Gasteiger partial charge in [-0.1, -0.05) is 6.92 Å². The van der Waals surface area contributed by atoms with Crippen LogP contribution in [0.3, 0.4) is 0 Å². The number of esters is 1. The van der Waals surface area contributed by atoms with Crippen molar-refractivity contribution in [1.29, 1.82) is 0 Å². The lowest BCUT2D eigenvalue weighted by Gasteiger charge is -2.29. The van der Waals surface area contributed by atoms with Crippen molar-refractivity contribution in [2.24, 2.45) is 17.3 Å². The average Bonchev–Trinajstić information content (AvgIpc) is 2.59. The number of ether oxygens (including phenoxy) is 1. The number of carbonyl (C=O) groups excluding carboxylic acids is 1. The standard InChI is InChI=1S/C11H18O2/c1-3-13-10(12)9-6-8-4-5-11(9,2)7-8/h8-9H,3-7H2,1-2H3. The minimum Gasteiger partial charge on any atom is -0.466 e. The van der Waals surface area contributed by atoms with E-state index in [-0.39, 0.29) is 17.3 Å². The predicted molar refractivity (Wildman–Crippen MR) is 50.2 cm³/mol. The fourth-order valence-corrected chi connectivity index (χ4v) is 3.16. The van der Waals surface area contributed by atoms with Gasteiger partial charge in [0.25, 0.3) is 0 Å². The van der Waals surface area contributed by atoms with Crippen molar-refractivity contribution in [2.45, 2.75) is 39.5 Å². The fraction of sp³-hybridized carbons (Fsp3) is 0.909. The van der Waals surface area contributed by atoms with E-state index in [4.69, 9.17) is 4.74 Å². The summed E-state index contributed by atoms with van der Waals surface area (Å²) in [6.07, 6.45) is 4.87. The molecule has 0 aliphatic heterocycles. The molecule has 13 heavy (non-hydrogen) atoms. The Labute approximate surface area is 79.7 Å². The molecule has 0 saturated heterocycles. The van der Waals surface area contributed by atoms with Crippen LogP contribution in [-0.4, -0.2) is 12.6 Å². The monoisotopic (exact) mass is 182 g/mol. The Morgan fingerprint density at radius 3 is 2.85 bits per heavy atom. The van der Waals surface area contributed by atoms with Crippen molar-refractivity contribution >= 4 is 5.97 Å². The summed E-state index contributed by atoms with van der Waals surface area (Å²) in [6.45, 7) is 4.66. The lowest BCUT2D eigenvalue weighted by molar-refractivity contribution is -0.152. The molecular formula is C11H18O2. The summed E-state index contributed by atoms with van der Waals surface area (Å²) in [5, 5.41) is 0. The third kappa shape index (κ3) is 1.36. The highest BCUT2D eigenvalue weighted by atomic mass is 16.5. The second-order valence-corrected chi connectivity index (χ2v) is 4.80. The third-order valence-electron chi connectivity index (χ3n) is 3.86. The van der Waals surface area contributed by atoms with Gasteiger partial charge in [0.15, 0.2) is 0 Å². The smallest absolute Gasteiger partial charge is 0.309 e. The van der Waals surface area contributed by atoms with Gasteiger partial charge in [-0.2, -0.15) is 0 Å². The highest BCUT2D eigenvalue weighted by Crippen LogP contribution is 2.57. The Balaban J connectivity index is 2.05. The summed E-state index contributed by atoms with van der Waals surface area (Å²) in [5.74, 6) is 1.05. The van der Waals surface area contributed by atoms with E-state index in [1.54, 1.807) is 0 Å². The molecule has 74 valence electrons. The Kier molecular flexibility index (Phi) is 2.09. The van der Waals surface area contributed by atoms with Crippen LogP contribution in [0.5, 0.6) is 0 Å². The van der Waals surface area contributed by atoms with Crippen molar-refractivity contribution in [1.82, 2.24) is 0 Å². The quantitative estimate of drug-likeness (QED) is 0.613. The van der Waals surface area contributed by atoms with Gasteiger partial charge in [0.1, 0.15) is 0 Å². The summed E-state index contributed by atoms with van der Waals surface area (Å²) >= 11 is 0. The van der Waals surface area contributed by atoms with Crippen LogP contribution in [0.2, 0.25) is 0 Å². The molecule has 2 bridgehead atoms. The molecule has 0 aromatic carbocycles. The molecule has 0 aromatic heterocycles. The van der Waals surface area contributed by atoms with E-state index < -0.39 is 0 Å². The maximum Gasteiger partial charge on any atom is 0.309 e. The molecule has 0 aromatic rings. The lowest BCUT2D eigenvalue weighted by atomic mass is 9.77. The molecule has 2 saturated carbocycles. The summed E-state index contributed by atoms with van der Waals surface area (Å²) in [6, 6.07) is 0. The molecule has 0 spiro atoms. The Hall–Kier alpha value is -0.530. The van der Waals surface area contributed by atoms with Crippen LogP contribution in [0.1, 0.15) is 39.5 Å². The number of hydrogen-bond donors (Lipinski definition) is 0. The molecule has 2 rings (SSSR count). The first-order valence-electron chi connectivity index (χ1n) is 5.32. The minimum atomic E-state index is 0.0483. The van der Waals surface area contributed by atoms with Gasteiger partial charge in [-0.15, -0.1) is 0 Å². The predicted octanol–water partition coefficient (Wildman–Crippen LogP) is 2.38. The van der Waals surface area contributed by atoms with Crippen LogP contribution in [-0.2, 0) is 9.53 Å². The minimum absolute atomic E-state index is 0.0483. The zero-order valence-electron chi connectivity index (χ0n) is 8.51. The van der Waals surface area contributed by atoms with Gasteiger partial charge in [-0.25, -0.2) is 0 Å². The van der Waals surface area contributed by atoms with E-state index in [1.807, 2.05) is 6.92 Å². The van der Waals surface area contributed by atoms with Crippen molar-refractivity contribution in [3.05, 3.63) is 0 Å². The molecule has 0 N–H and O–H groups in total. The van der Waals surface area contributed by atoms with E-state index >= 15 is 0 Å². The lowest BCUT2D eigenvalue weighted by Crippen LogP contribution is -2.30. The number of carbonyl (C=O) groups is 1. The molecule has 2 fully saturated rings. The molecule has 0 amide bonds. The van der Waals surface area contributed by atoms with Crippen LogP contribution in [0, 0.1) is 17.3 Å². The van der Waals surface area contributed by atoms with Crippen LogP contribution in [0.4, 0.5) is 0 Å². The third-order valence-corrected chi connectivity index (χ3v) is 3.86. The summed E-state index contributed by atoms with van der Waals surface area (Å²) in [5.41, 5.74) is 0.275. The molecule has 0 heterocycles. The van der Waals surface area contributed by atoms with Crippen molar-refractivity contribution in [3.63, 3.8) is 0 Å². The van der Waals surface area contributed by atoms with Crippen LogP contribution < -0.4 is 0 Å². The molecule has 2 aliphatic rings. The largest absolute Gasteiger partial charge is 0.466 e. The van der Waals surface area contributed by atoms with Gasteiger partial charge in [-0.05, 0) is 43.9 Å². The second-order valence-electron chi connectivity index (χ2n) is 4.80. The molecular weight excluding hydrogens is 164 g/mol.